The Morgan fingerprint density at radius 2 is 1.91 bits per heavy atom. The van der Waals surface area contributed by atoms with Crippen LogP contribution in [0.15, 0.2) is 54.7 Å². The molecule has 1 aromatic heterocycles. The standard InChI is InChI=1S/C27H29FN4O2/c1-34-21-7-4-6-18(16-21)22-17-30-26(29)31-24(22)23-8-5-15-32(23)25(33)27(13-2-3-14-27)19-9-11-20(28)12-10-19/h4,6-7,9-12,16-17,23H,2-3,5,8,13-15H2,1H3,(H2,29,30,31)/t23-/m1/s1. The molecule has 2 aromatic carbocycles. The van der Waals surface area contributed by atoms with Gasteiger partial charge in [0.1, 0.15) is 11.6 Å². The first kappa shape index (κ1) is 22.3. The van der Waals surface area contributed by atoms with E-state index in [-0.39, 0.29) is 23.7 Å². The maximum Gasteiger partial charge on any atom is 0.233 e. The van der Waals surface area contributed by atoms with E-state index in [1.807, 2.05) is 29.2 Å². The number of aromatic nitrogens is 2. The number of methoxy groups -OCH3 is 1. The van der Waals surface area contributed by atoms with Gasteiger partial charge in [-0.05, 0) is 61.1 Å². The normalized spacial score (nSPS) is 19.4. The Kier molecular flexibility index (Phi) is 5.94. The number of hydrogen-bond donors (Lipinski definition) is 1. The van der Waals surface area contributed by atoms with Gasteiger partial charge in [-0.3, -0.25) is 4.79 Å². The number of hydrogen-bond acceptors (Lipinski definition) is 5. The van der Waals surface area contributed by atoms with Crippen LogP contribution in [0.5, 0.6) is 5.75 Å². The second-order valence-corrected chi connectivity index (χ2v) is 9.21. The highest BCUT2D eigenvalue weighted by atomic mass is 19.1. The quantitative estimate of drug-likeness (QED) is 0.576. The van der Waals surface area contributed by atoms with Crippen molar-refractivity contribution in [3.63, 3.8) is 0 Å². The molecule has 1 saturated heterocycles. The van der Waals surface area contributed by atoms with Crippen LogP contribution in [-0.2, 0) is 10.2 Å². The number of amides is 1. The van der Waals surface area contributed by atoms with Crippen LogP contribution in [0.2, 0.25) is 0 Å². The first-order valence-corrected chi connectivity index (χ1v) is 11.9. The molecule has 0 bridgehead atoms. The van der Waals surface area contributed by atoms with Crippen molar-refractivity contribution in [3.8, 4) is 16.9 Å². The lowest BCUT2D eigenvalue weighted by atomic mass is 9.77. The molecule has 176 valence electrons. The average molecular weight is 461 g/mol. The molecule has 0 spiro atoms. The summed E-state index contributed by atoms with van der Waals surface area (Å²) in [5.41, 5.74) is 8.83. The zero-order valence-electron chi connectivity index (χ0n) is 19.3. The van der Waals surface area contributed by atoms with E-state index in [4.69, 9.17) is 10.5 Å². The number of likely N-dealkylation sites (tertiary alicyclic amines) is 1. The third-order valence-electron chi connectivity index (χ3n) is 7.31. The van der Waals surface area contributed by atoms with Gasteiger partial charge in [-0.2, -0.15) is 0 Å². The minimum atomic E-state index is -0.620. The number of anilines is 1. The van der Waals surface area contributed by atoms with E-state index in [0.717, 1.165) is 66.7 Å². The van der Waals surface area contributed by atoms with Crippen LogP contribution in [0.3, 0.4) is 0 Å². The molecule has 0 unspecified atom stereocenters. The maximum absolute atomic E-state index is 14.2. The SMILES string of the molecule is COc1cccc(-c2cnc(N)nc2[C@H]2CCCN2C(=O)C2(c3ccc(F)cc3)CCCC2)c1. The Hall–Kier alpha value is -3.48. The molecule has 2 N–H and O–H groups in total. The Bertz CT molecular complexity index is 1190. The number of carbonyl (C=O) groups excluding carboxylic acids is 1. The van der Waals surface area contributed by atoms with Crippen molar-refractivity contribution in [1.82, 2.24) is 14.9 Å². The third kappa shape index (κ3) is 3.89. The molecule has 1 amide bonds. The molecular formula is C27H29FN4O2. The molecule has 2 aliphatic rings. The van der Waals surface area contributed by atoms with Crippen LogP contribution in [0, 0.1) is 5.82 Å². The Morgan fingerprint density at radius 1 is 1.15 bits per heavy atom. The van der Waals surface area contributed by atoms with E-state index < -0.39 is 5.41 Å². The predicted molar refractivity (Wildman–Crippen MR) is 129 cm³/mol. The summed E-state index contributed by atoms with van der Waals surface area (Å²) in [4.78, 5) is 25.1. The number of rotatable bonds is 5. The summed E-state index contributed by atoms with van der Waals surface area (Å²) >= 11 is 0. The largest absolute Gasteiger partial charge is 0.497 e. The van der Waals surface area contributed by atoms with E-state index in [2.05, 4.69) is 9.97 Å². The van der Waals surface area contributed by atoms with Crippen LogP contribution in [-0.4, -0.2) is 34.4 Å². The highest BCUT2D eigenvalue weighted by Crippen LogP contribution is 2.46. The van der Waals surface area contributed by atoms with Gasteiger partial charge in [0.2, 0.25) is 11.9 Å². The van der Waals surface area contributed by atoms with Gasteiger partial charge in [0.05, 0.1) is 24.3 Å². The molecule has 1 saturated carbocycles. The van der Waals surface area contributed by atoms with Crippen molar-refractivity contribution in [2.24, 2.45) is 0 Å². The number of carbonyl (C=O) groups is 1. The van der Waals surface area contributed by atoms with E-state index >= 15 is 0 Å². The fraction of sp³-hybridized carbons (Fsp3) is 0.370. The minimum absolute atomic E-state index is 0.105. The first-order chi connectivity index (χ1) is 16.5. The molecule has 7 heteroatoms. The molecule has 2 fully saturated rings. The van der Waals surface area contributed by atoms with E-state index in [1.54, 1.807) is 25.4 Å². The van der Waals surface area contributed by atoms with Crippen molar-refractivity contribution in [2.45, 2.75) is 50.0 Å². The molecular weight excluding hydrogens is 431 g/mol. The van der Waals surface area contributed by atoms with Crippen LogP contribution >= 0.6 is 0 Å². The first-order valence-electron chi connectivity index (χ1n) is 11.9. The van der Waals surface area contributed by atoms with Gasteiger partial charge in [-0.1, -0.05) is 37.1 Å². The number of ether oxygens (including phenoxy) is 1. The number of nitrogens with two attached hydrogens (primary N) is 1. The van der Waals surface area contributed by atoms with Crippen molar-refractivity contribution in [3.05, 3.63) is 71.8 Å². The molecule has 6 nitrogen and oxygen atoms in total. The zero-order chi connectivity index (χ0) is 23.7. The van der Waals surface area contributed by atoms with Crippen LogP contribution in [0.1, 0.15) is 55.8 Å². The molecule has 0 radical (unpaired) electrons. The average Bonchev–Trinajstić information content (AvgIpc) is 3.55. The predicted octanol–water partition coefficient (Wildman–Crippen LogP) is 5.05. The van der Waals surface area contributed by atoms with Gasteiger partial charge in [0.25, 0.3) is 0 Å². The molecule has 3 aromatic rings. The van der Waals surface area contributed by atoms with Crippen molar-refractivity contribution in [1.29, 1.82) is 0 Å². The number of benzene rings is 2. The summed E-state index contributed by atoms with van der Waals surface area (Å²) in [6, 6.07) is 14.0. The van der Waals surface area contributed by atoms with Crippen molar-refractivity contribution >= 4 is 11.9 Å². The summed E-state index contributed by atoms with van der Waals surface area (Å²) in [6.45, 7) is 0.661. The Morgan fingerprint density at radius 3 is 2.65 bits per heavy atom. The zero-order valence-corrected chi connectivity index (χ0v) is 19.3. The van der Waals surface area contributed by atoms with Gasteiger partial charge in [-0.25, -0.2) is 14.4 Å². The highest BCUT2D eigenvalue weighted by molar-refractivity contribution is 5.89. The minimum Gasteiger partial charge on any atom is -0.497 e. The topological polar surface area (TPSA) is 81.3 Å². The summed E-state index contributed by atoms with van der Waals surface area (Å²) in [5, 5.41) is 0. The van der Waals surface area contributed by atoms with Gasteiger partial charge in [0, 0.05) is 18.3 Å². The fourth-order valence-electron chi connectivity index (χ4n) is 5.62. The highest BCUT2D eigenvalue weighted by Gasteiger charge is 2.48. The van der Waals surface area contributed by atoms with Gasteiger partial charge < -0.3 is 15.4 Å². The molecule has 1 aliphatic heterocycles. The second-order valence-electron chi connectivity index (χ2n) is 9.21. The van der Waals surface area contributed by atoms with E-state index in [1.165, 1.54) is 12.1 Å². The lowest BCUT2D eigenvalue weighted by molar-refractivity contribution is -0.138. The lowest BCUT2D eigenvalue weighted by Gasteiger charge is -2.36. The van der Waals surface area contributed by atoms with E-state index in [0.29, 0.717) is 6.54 Å². The summed E-state index contributed by atoms with van der Waals surface area (Å²) < 4.78 is 19.1. The smallest absolute Gasteiger partial charge is 0.233 e. The van der Waals surface area contributed by atoms with Gasteiger partial charge in [-0.15, -0.1) is 0 Å². The fourth-order valence-corrected chi connectivity index (χ4v) is 5.62. The summed E-state index contributed by atoms with van der Waals surface area (Å²) in [6.07, 6.45) is 6.94. The monoisotopic (exact) mass is 460 g/mol. The number of nitrogen functional groups attached to an aromatic ring is 1. The molecule has 1 aliphatic carbocycles. The Labute approximate surface area is 199 Å². The number of halogens is 1. The van der Waals surface area contributed by atoms with Crippen LogP contribution < -0.4 is 10.5 Å². The van der Waals surface area contributed by atoms with Crippen LogP contribution in [0.4, 0.5) is 10.3 Å². The summed E-state index contributed by atoms with van der Waals surface area (Å²) in [7, 11) is 1.63. The van der Waals surface area contributed by atoms with Crippen molar-refractivity contribution in [2.75, 3.05) is 19.4 Å². The molecule has 2 heterocycles. The van der Waals surface area contributed by atoms with Gasteiger partial charge in [0.15, 0.2) is 0 Å². The van der Waals surface area contributed by atoms with E-state index in [9.17, 15) is 9.18 Å². The summed E-state index contributed by atoms with van der Waals surface area (Å²) in [5.74, 6) is 0.742. The van der Waals surface area contributed by atoms with Crippen LogP contribution in [0.25, 0.3) is 11.1 Å². The maximum atomic E-state index is 14.2. The molecule has 34 heavy (non-hydrogen) atoms. The third-order valence-corrected chi connectivity index (χ3v) is 7.31. The van der Waals surface area contributed by atoms with Gasteiger partial charge >= 0.3 is 0 Å². The second kappa shape index (κ2) is 9.05. The lowest BCUT2D eigenvalue weighted by Crippen LogP contribution is -2.45. The molecule has 1 atom stereocenters. The Balaban J connectivity index is 1.55. The molecule has 5 rings (SSSR count). The van der Waals surface area contributed by atoms with Crippen molar-refractivity contribution < 1.29 is 13.9 Å². The number of nitrogens with zero attached hydrogens (tertiary/aromatic N) is 3.